The van der Waals surface area contributed by atoms with E-state index in [9.17, 15) is 0 Å². The van der Waals surface area contributed by atoms with E-state index in [0.29, 0.717) is 24.2 Å². The lowest BCUT2D eigenvalue weighted by molar-refractivity contribution is 0.279. The number of nitrogens with zero attached hydrogens (tertiary/aromatic N) is 2. The van der Waals surface area contributed by atoms with Crippen molar-refractivity contribution in [3.05, 3.63) is 40.6 Å². The first-order valence-electron chi connectivity index (χ1n) is 13.1. The number of nitrogens with one attached hydrogen (secondary N) is 1. The number of aromatic nitrogens is 2. The Morgan fingerprint density at radius 3 is 2.46 bits per heavy atom. The first kappa shape index (κ1) is 29.1. The summed E-state index contributed by atoms with van der Waals surface area (Å²) < 4.78 is 12.0. The van der Waals surface area contributed by atoms with Crippen LogP contribution in [0.1, 0.15) is 82.7 Å². The summed E-state index contributed by atoms with van der Waals surface area (Å²) in [5.41, 5.74) is 10.6. The van der Waals surface area contributed by atoms with Gasteiger partial charge in [0.15, 0.2) is 8.32 Å². The van der Waals surface area contributed by atoms with Crippen molar-refractivity contribution >= 4 is 20.1 Å². The zero-order valence-electron chi connectivity index (χ0n) is 23.5. The minimum atomic E-state index is -1.66. The minimum absolute atomic E-state index is 0.257. The number of unbranched alkanes of at least 4 members (excludes halogenated alkanes) is 1. The lowest BCUT2D eigenvalue weighted by Crippen LogP contribution is -2.40. The third kappa shape index (κ3) is 8.49. The standard InChI is InChI=1S/C28H48N4O2Si/c1-10-13-20(2)30-27-31-21(3)24(26(29)32-27)19-23-16-15-22(18-25(23)33-7)14-11-12-17-34-35(8,9)28(4,5)6/h15-16,18,20H,10-14,17,19H2,1-9H3,(H3,29,30,31,32). The fourth-order valence-corrected chi connectivity index (χ4v) is 4.97. The van der Waals surface area contributed by atoms with Crippen LogP contribution in [0.25, 0.3) is 0 Å². The van der Waals surface area contributed by atoms with Gasteiger partial charge in [-0.15, -0.1) is 0 Å². The van der Waals surface area contributed by atoms with Crippen LogP contribution < -0.4 is 15.8 Å². The minimum Gasteiger partial charge on any atom is -0.496 e. The van der Waals surface area contributed by atoms with E-state index in [4.69, 9.17) is 14.9 Å². The van der Waals surface area contributed by atoms with E-state index in [1.165, 1.54) is 5.56 Å². The van der Waals surface area contributed by atoms with Crippen LogP contribution in [0.5, 0.6) is 5.75 Å². The fraction of sp³-hybridized carbons (Fsp3) is 0.643. The first-order chi connectivity index (χ1) is 16.4. The van der Waals surface area contributed by atoms with E-state index in [1.54, 1.807) is 7.11 Å². The molecule has 0 aliphatic carbocycles. The zero-order valence-corrected chi connectivity index (χ0v) is 24.5. The molecule has 6 nitrogen and oxygen atoms in total. The van der Waals surface area contributed by atoms with Gasteiger partial charge in [-0.1, -0.05) is 46.2 Å². The second-order valence-electron chi connectivity index (χ2n) is 11.2. The van der Waals surface area contributed by atoms with Crippen LogP contribution in [-0.4, -0.2) is 38.0 Å². The molecular weight excluding hydrogens is 452 g/mol. The van der Waals surface area contributed by atoms with Gasteiger partial charge >= 0.3 is 0 Å². The Morgan fingerprint density at radius 2 is 1.86 bits per heavy atom. The van der Waals surface area contributed by atoms with Crippen molar-refractivity contribution in [3.8, 4) is 5.75 Å². The molecule has 0 saturated carbocycles. The van der Waals surface area contributed by atoms with Crippen LogP contribution in [0.3, 0.4) is 0 Å². The second-order valence-corrected chi connectivity index (χ2v) is 16.0. The Morgan fingerprint density at radius 1 is 1.14 bits per heavy atom. The number of aryl methyl sites for hydroxylation is 2. The summed E-state index contributed by atoms with van der Waals surface area (Å²) in [6.45, 7) is 18.6. The normalized spacial score (nSPS) is 13.1. The maximum Gasteiger partial charge on any atom is 0.225 e. The van der Waals surface area contributed by atoms with E-state index in [1.807, 2.05) is 6.92 Å². The van der Waals surface area contributed by atoms with Gasteiger partial charge in [-0.25, -0.2) is 4.98 Å². The molecule has 1 atom stereocenters. The van der Waals surface area contributed by atoms with Crippen molar-refractivity contribution < 1.29 is 9.16 Å². The molecule has 3 N–H and O–H groups in total. The summed E-state index contributed by atoms with van der Waals surface area (Å²) in [5, 5.41) is 3.61. The SMILES string of the molecule is CCCC(C)Nc1nc(C)c(Cc2ccc(CCCCO[Si](C)(C)C(C)(C)C)cc2OC)c(N)n1. The summed E-state index contributed by atoms with van der Waals surface area (Å²) in [4.78, 5) is 9.18. The van der Waals surface area contributed by atoms with Crippen LogP contribution in [0.4, 0.5) is 11.8 Å². The average Bonchev–Trinajstić information content (AvgIpc) is 2.75. The molecule has 0 saturated heterocycles. The van der Waals surface area contributed by atoms with Crippen molar-refractivity contribution in [2.45, 2.75) is 104 Å². The number of rotatable bonds is 13. The lowest BCUT2D eigenvalue weighted by Gasteiger charge is -2.36. The molecule has 1 unspecified atom stereocenters. The third-order valence-corrected chi connectivity index (χ3v) is 11.7. The van der Waals surface area contributed by atoms with Crippen molar-refractivity contribution in [1.82, 2.24) is 9.97 Å². The molecular formula is C28H48N4O2Si. The van der Waals surface area contributed by atoms with Crippen molar-refractivity contribution in [2.75, 3.05) is 24.8 Å². The molecule has 1 aromatic heterocycles. The Labute approximate surface area is 214 Å². The highest BCUT2D eigenvalue weighted by atomic mass is 28.4. The average molecular weight is 501 g/mol. The number of hydrogen-bond acceptors (Lipinski definition) is 6. The number of nitrogens with two attached hydrogens (primary N) is 1. The molecule has 7 heteroatoms. The molecule has 1 heterocycles. The van der Waals surface area contributed by atoms with E-state index in [2.05, 4.69) is 81.2 Å². The summed E-state index contributed by atoms with van der Waals surface area (Å²) in [7, 11) is 0.0636. The number of nitrogen functional groups attached to an aromatic ring is 1. The lowest BCUT2D eigenvalue weighted by atomic mass is 9.99. The Balaban J connectivity index is 2.00. The number of benzene rings is 1. The number of hydrogen-bond donors (Lipinski definition) is 2. The highest BCUT2D eigenvalue weighted by molar-refractivity contribution is 6.74. The quantitative estimate of drug-likeness (QED) is 0.230. The summed E-state index contributed by atoms with van der Waals surface area (Å²) in [6, 6.07) is 6.81. The van der Waals surface area contributed by atoms with Crippen LogP contribution in [-0.2, 0) is 17.3 Å². The highest BCUT2D eigenvalue weighted by Gasteiger charge is 2.36. The number of methoxy groups -OCH3 is 1. The van der Waals surface area contributed by atoms with E-state index < -0.39 is 8.32 Å². The molecule has 0 aliphatic rings. The van der Waals surface area contributed by atoms with E-state index >= 15 is 0 Å². The van der Waals surface area contributed by atoms with Crippen LogP contribution in [0, 0.1) is 6.92 Å². The predicted molar refractivity (Wildman–Crippen MR) is 151 cm³/mol. The highest BCUT2D eigenvalue weighted by Crippen LogP contribution is 2.36. The first-order valence-corrected chi connectivity index (χ1v) is 16.0. The molecule has 0 bridgehead atoms. The third-order valence-electron chi connectivity index (χ3n) is 7.19. The van der Waals surface area contributed by atoms with Gasteiger partial charge in [-0.05, 0) is 74.9 Å². The van der Waals surface area contributed by atoms with Gasteiger partial charge in [-0.2, -0.15) is 4.98 Å². The van der Waals surface area contributed by atoms with Gasteiger partial charge in [0.1, 0.15) is 11.6 Å². The molecule has 2 aromatic rings. The number of ether oxygens (including phenoxy) is 1. The smallest absolute Gasteiger partial charge is 0.225 e. The molecule has 1 aromatic carbocycles. The molecule has 0 spiro atoms. The second kappa shape index (κ2) is 12.7. The Bertz CT molecular complexity index is 933. The maximum atomic E-state index is 6.35. The number of anilines is 2. The molecule has 0 fully saturated rings. The van der Waals surface area contributed by atoms with Crippen LogP contribution in [0.2, 0.25) is 18.1 Å². The monoisotopic (exact) mass is 500 g/mol. The van der Waals surface area contributed by atoms with E-state index in [0.717, 1.165) is 61.3 Å². The summed E-state index contributed by atoms with van der Waals surface area (Å²) in [6.07, 6.45) is 6.01. The van der Waals surface area contributed by atoms with Crippen molar-refractivity contribution in [2.24, 2.45) is 0 Å². The van der Waals surface area contributed by atoms with Gasteiger partial charge in [0.25, 0.3) is 0 Å². The van der Waals surface area contributed by atoms with E-state index in [-0.39, 0.29) is 5.04 Å². The maximum absolute atomic E-state index is 6.35. The van der Waals surface area contributed by atoms with Crippen LogP contribution >= 0.6 is 0 Å². The molecule has 196 valence electrons. The fourth-order valence-electron chi connectivity index (χ4n) is 3.88. The topological polar surface area (TPSA) is 82.3 Å². The largest absolute Gasteiger partial charge is 0.496 e. The Hall–Kier alpha value is -2.12. The predicted octanol–water partition coefficient (Wildman–Crippen LogP) is 6.91. The molecule has 2 rings (SSSR count). The van der Waals surface area contributed by atoms with Crippen LogP contribution in [0.15, 0.2) is 18.2 Å². The van der Waals surface area contributed by atoms with Gasteiger partial charge in [0, 0.05) is 30.3 Å². The Kier molecular flexibility index (Phi) is 10.6. The molecule has 0 aliphatic heterocycles. The molecule has 0 radical (unpaired) electrons. The summed E-state index contributed by atoms with van der Waals surface area (Å²) >= 11 is 0. The van der Waals surface area contributed by atoms with Crippen molar-refractivity contribution in [1.29, 1.82) is 0 Å². The summed E-state index contributed by atoms with van der Waals surface area (Å²) in [5.74, 6) is 2.01. The van der Waals surface area contributed by atoms with Gasteiger partial charge in [0.05, 0.1) is 7.11 Å². The van der Waals surface area contributed by atoms with Crippen molar-refractivity contribution in [3.63, 3.8) is 0 Å². The molecule has 35 heavy (non-hydrogen) atoms. The van der Waals surface area contributed by atoms with Gasteiger partial charge < -0.3 is 20.2 Å². The van der Waals surface area contributed by atoms with Gasteiger partial charge in [-0.3, -0.25) is 0 Å². The molecule has 0 amide bonds. The zero-order chi connectivity index (χ0) is 26.2. The van der Waals surface area contributed by atoms with Gasteiger partial charge in [0.2, 0.25) is 5.95 Å².